The second-order valence-corrected chi connectivity index (χ2v) is 6.65. The van der Waals surface area contributed by atoms with Gasteiger partial charge < -0.3 is 4.74 Å². The standard InChI is InChI=1S/C22H16N2O2/c25-17-7-6-15-9-19-18(10-16(15)8-17)20-12-23-24-21(20)11-22(19)26-13-14-4-2-1-3-5-14/h1-6,9-12H,7-8,13H2. The Bertz CT molecular complexity index is 1190. The molecule has 3 aromatic carbocycles. The van der Waals surface area contributed by atoms with Crippen molar-refractivity contribution >= 4 is 28.8 Å². The Hall–Kier alpha value is -3.27. The maximum atomic E-state index is 11.8. The lowest BCUT2D eigenvalue weighted by Crippen LogP contribution is -2.20. The van der Waals surface area contributed by atoms with E-state index in [1.54, 1.807) is 6.21 Å². The van der Waals surface area contributed by atoms with Gasteiger partial charge in [-0.1, -0.05) is 36.4 Å². The molecule has 0 aromatic heterocycles. The Balaban J connectivity index is 1.67. The zero-order valence-corrected chi connectivity index (χ0v) is 14.1. The molecule has 0 bridgehead atoms. The van der Waals surface area contributed by atoms with E-state index < -0.39 is 0 Å². The molecule has 126 valence electrons. The minimum absolute atomic E-state index is 0.253. The average Bonchev–Trinajstić information content (AvgIpc) is 3.14. The van der Waals surface area contributed by atoms with Crippen molar-refractivity contribution in [3.8, 4) is 5.75 Å². The molecule has 0 saturated heterocycles. The van der Waals surface area contributed by atoms with Crippen molar-refractivity contribution in [3.05, 3.63) is 75.8 Å². The van der Waals surface area contributed by atoms with E-state index in [0.717, 1.165) is 43.8 Å². The van der Waals surface area contributed by atoms with Crippen LogP contribution in [0.4, 0.5) is 0 Å². The second kappa shape index (κ2) is 5.92. The number of benzene rings is 3. The molecule has 1 aliphatic heterocycles. The molecule has 0 saturated carbocycles. The Labute approximate surface area is 150 Å². The number of nitrogens with zero attached hydrogens (tertiary/aromatic N) is 2. The number of ketones is 1. The van der Waals surface area contributed by atoms with Gasteiger partial charge in [0, 0.05) is 29.9 Å². The zero-order valence-electron chi connectivity index (χ0n) is 14.1. The SMILES string of the molecule is O=C1CC=c2cc3c(OCc4ccccc4)cc4c(c3cc2C1)C=NN=4. The molecule has 4 nitrogen and oxygen atoms in total. The van der Waals surface area contributed by atoms with Crippen LogP contribution >= 0.6 is 0 Å². The van der Waals surface area contributed by atoms with Crippen LogP contribution in [0.2, 0.25) is 0 Å². The van der Waals surface area contributed by atoms with Gasteiger partial charge in [-0.25, -0.2) is 0 Å². The summed E-state index contributed by atoms with van der Waals surface area (Å²) in [7, 11) is 0. The molecule has 0 fully saturated rings. The van der Waals surface area contributed by atoms with Crippen LogP contribution in [0.5, 0.6) is 5.75 Å². The highest BCUT2D eigenvalue weighted by atomic mass is 16.5. The van der Waals surface area contributed by atoms with Crippen molar-refractivity contribution in [3.63, 3.8) is 0 Å². The van der Waals surface area contributed by atoms with Gasteiger partial charge in [0.2, 0.25) is 0 Å². The quantitative estimate of drug-likeness (QED) is 0.736. The molecule has 3 aromatic rings. The third-order valence-corrected chi connectivity index (χ3v) is 4.91. The predicted molar refractivity (Wildman–Crippen MR) is 101 cm³/mol. The number of rotatable bonds is 3. The molecule has 0 N–H and O–H groups in total. The third kappa shape index (κ3) is 2.51. The maximum Gasteiger partial charge on any atom is 0.141 e. The summed E-state index contributed by atoms with van der Waals surface area (Å²) in [6, 6.07) is 16.3. The fourth-order valence-corrected chi connectivity index (χ4v) is 3.58. The Morgan fingerprint density at radius 1 is 1.04 bits per heavy atom. The molecule has 4 heteroatoms. The first-order valence-electron chi connectivity index (χ1n) is 8.67. The first-order valence-corrected chi connectivity index (χ1v) is 8.67. The van der Waals surface area contributed by atoms with Crippen LogP contribution in [0.25, 0.3) is 16.8 Å². The summed E-state index contributed by atoms with van der Waals surface area (Å²) in [5, 5.41) is 12.3. The molecule has 0 spiro atoms. The lowest BCUT2D eigenvalue weighted by Gasteiger charge is -2.14. The normalized spacial score (nSPS) is 14.5. The maximum absolute atomic E-state index is 11.8. The molecular formula is C22H16N2O2. The molecule has 1 heterocycles. The van der Waals surface area contributed by atoms with Gasteiger partial charge in [-0.15, -0.1) is 0 Å². The lowest BCUT2D eigenvalue weighted by molar-refractivity contribution is -0.117. The molecule has 1 aliphatic carbocycles. The Kier molecular flexibility index (Phi) is 3.42. The monoisotopic (exact) mass is 340 g/mol. The number of fused-ring (bicyclic) bond motifs is 4. The number of hydrogen-bond acceptors (Lipinski definition) is 4. The van der Waals surface area contributed by atoms with Gasteiger partial charge in [0.15, 0.2) is 0 Å². The molecule has 0 unspecified atom stereocenters. The van der Waals surface area contributed by atoms with Gasteiger partial charge in [0.25, 0.3) is 0 Å². The van der Waals surface area contributed by atoms with Gasteiger partial charge in [-0.3, -0.25) is 4.79 Å². The summed E-state index contributed by atoms with van der Waals surface area (Å²) < 4.78 is 6.15. The van der Waals surface area contributed by atoms with E-state index in [9.17, 15) is 4.79 Å². The topological polar surface area (TPSA) is 51.0 Å². The summed E-state index contributed by atoms with van der Waals surface area (Å²) >= 11 is 0. The fraction of sp³-hybridized carbons (Fsp3) is 0.136. The number of Topliss-reactive ketones (excluding diaryl/α,β-unsaturated/α-hetero) is 1. The highest BCUT2D eigenvalue weighted by molar-refractivity contribution is 6.04. The Morgan fingerprint density at radius 2 is 1.92 bits per heavy atom. The van der Waals surface area contributed by atoms with Crippen molar-refractivity contribution in [2.75, 3.05) is 0 Å². The van der Waals surface area contributed by atoms with Crippen LogP contribution in [-0.2, 0) is 17.8 Å². The van der Waals surface area contributed by atoms with Crippen molar-refractivity contribution < 1.29 is 9.53 Å². The van der Waals surface area contributed by atoms with Crippen molar-refractivity contribution in [2.24, 2.45) is 10.2 Å². The molecular weight excluding hydrogens is 324 g/mol. The highest BCUT2D eigenvalue weighted by Crippen LogP contribution is 2.28. The van der Waals surface area contributed by atoms with E-state index in [2.05, 4.69) is 22.3 Å². The zero-order chi connectivity index (χ0) is 17.5. The molecule has 0 radical (unpaired) electrons. The molecule has 0 amide bonds. The number of carbonyl (C=O) groups excluding carboxylic acids is 1. The van der Waals surface area contributed by atoms with Gasteiger partial charge >= 0.3 is 0 Å². The molecule has 2 aliphatic rings. The van der Waals surface area contributed by atoms with Crippen LogP contribution in [0.1, 0.15) is 23.1 Å². The van der Waals surface area contributed by atoms with Crippen LogP contribution < -0.4 is 15.3 Å². The lowest BCUT2D eigenvalue weighted by atomic mass is 9.93. The summed E-state index contributed by atoms with van der Waals surface area (Å²) in [4.78, 5) is 11.8. The molecule has 26 heavy (non-hydrogen) atoms. The first kappa shape index (κ1) is 15.0. The van der Waals surface area contributed by atoms with Crippen LogP contribution in [0.3, 0.4) is 0 Å². The number of ether oxygens (including phenoxy) is 1. The van der Waals surface area contributed by atoms with E-state index in [4.69, 9.17) is 4.74 Å². The minimum Gasteiger partial charge on any atom is -0.488 e. The van der Waals surface area contributed by atoms with Gasteiger partial charge in [0.05, 0.1) is 11.6 Å². The van der Waals surface area contributed by atoms with E-state index in [1.807, 2.05) is 42.5 Å². The fourth-order valence-electron chi connectivity index (χ4n) is 3.58. The largest absolute Gasteiger partial charge is 0.488 e. The molecule has 0 atom stereocenters. The predicted octanol–water partition coefficient (Wildman–Crippen LogP) is 2.68. The Morgan fingerprint density at radius 3 is 2.81 bits per heavy atom. The van der Waals surface area contributed by atoms with E-state index in [1.165, 1.54) is 0 Å². The summed E-state index contributed by atoms with van der Waals surface area (Å²) in [6.45, 7) is 0.495. The number of hydrogen-bond donors (Lipinski definition) is 0. The van der Waals surface area contributed by atoms with E-state index >= 15 is 0 Å². The van der Waals surface area contributed by atoms with Gasteiger partial charge in [-0.2, -0.15) is 10.2 Å². The average molecular weight is 340 g/mol. The van der Waals surface area contributed by atoms with Crippen molar-refractivity contribution in [2.45, 2.75) is 19.4 Å². The highest BCUT2D eigenvalue weighted by Gasteiger charge is 2.16. The van der Waals surface area contributed by atoms with Crippen LogP contribution in [0.15, 0.2) is 58.7 Å². The van der Waals surface area contributed by atoms with E-state index in [0.29, 0.717) is 19.4 Å². The first-order chi connectivity index (χ1) is 12.8. The molecule has 5 rings (SSSR count). The van der Waals surface area contributed by atoms with Gasteiger partial charge in [-0.05, 0) is 33.9 Å². The van der Waals surface area contributed by atoms with E-state index in [-0.39, 0.29) is 5.78 Å². The number of carbonyl (C=O) groups is 1. The minimum atomic E-state index is 0.253. The van der Waals surface area contributed by atoms with Crippen LogP contribution in [-0.4, -0.2) is 12.0 Å². The van der Waals surface area contributed by atoms with Crippen molar-refractivity contribution in [1.29, 1.82) is 0 Å². The smallest absolute Gasteiger partial charge is 0.141 e. The van der Waals surface area contributed by atoms with Crippen molar-refractivity contribution in [1.82, 2.24) is 0 Å². The third-order valence-electron chi connectivity index (χ3n) is 4.91. The van der Waals surface area contributed by atoms with Gasteiger partial charge in [0.1, 0.15) is 18.1 Å². The summed E-state index contributed by atoms with van der Waals surface area (Å²) in [6.07, 6.45) is 4.77. The summed E-state index contributed by atoms with van der Waals surface area (Å²) in [5.74, 6) is 1.05. The van der Waals surface area contributed by atoms with Crippen LogP contribution in [0, 0.1) is 0 Å². The second-order valence-electron chi connectivity index (χ2n) is 6.65. The summed E-state index contributed by atoms with van der Waals surface area (Å²) in [5.41, 5.74) is 3.17.